The van der Waals surface area contributed by atoms with Crippen molar-refractivity contribution in [1.82, 2.24) is 15.1 Å². The molecule has 4 rings (SSSR count). The Morgan fingerprint density at radius 3 is 2.52 bits per heavy atom. The van der Waals surface area contributed by atoms with Crippen LogP contribution in [0.3, 0.4) is 0 Å². The lowest BCUT2D eigenvalue weighted by molar-refractivity contribution is -0.150. The second-order valence-corrected chi connectivity index (χ2v) is 8.94. The monoisotopic (exact) mass is 401 g/mol. The highest BCUT2D eigenvalue weighted by Gasteiger charge is 2.35. The van der Waals surface area contributed by atoms with Gasteiger partial charge in [-0.3, -0.25) is 14.3 Å². The smallest absolute Gasteiger partial charge is 0.311 e. The molecule has 2 fully saturated rings. The number of rotatable bonds is 5. The predicted octanol–water partition coefficient (Wildman–Crippen LogP) is 4.12. The first-order chi connectivity index (χ1) is 14.2. The maximum atomic E-state index is 13.3. The van der Waals surface area contributed by atoms with E-state index in [4.69, 9.17) is 9.84 Å². The zero-order chi connectivity index (χ0) is 20.2. The van der Waals surface area contributed by atoms with Gasteiger partial charge in [-0.25, -0.2) is 0 Å². The molecule has 0 aliphatic heterocycles. The molecule has 2 saturated carbocycles. The molecule has 1 N–H and O–H groups in total. The van der Waals surface area contributed by atoms with Crippen LogP contribution in [-0.2, 0) is 22.4 Å². The first-order valence-electron chi connectivity index (χ1n) is 11.8. The predicted molar refractivity (Wildman–Crippen MR) is 111 cm³/mol. The van der Waals surface area contributed by atoms with Crippen molar-refractivity contribution in [2.75, 3.05) is 6.61 Å². The summed E-state index contributed by atoms with van der Waals surface area (Å²) in [7, 11) is 0. The molecule has 3 aliphatic rings. The average molecular weight is 402 g/mol. The molecule has 0 spiro atoms. The Hall–Kier alpha value is -1.85. The van der Waals surface area contributed by atoms with E-state index in [1.165, 1.54) is 44.2 Å². The van der Waals surface area contributed by atoms with E-state index in [1.54, 1.807) is 0 Å². The summed E-state index contributed by atoms with van der Waals surface area (Å²) in [5.74, 6) is -0.505. The van der Waals surface area contributed by atoms with Crippen molar-refractivity contribution >= 4 is 11.9 Å². The number of nitrogens with zero attached hydrogens (tertiary/aromatic N) is 2. The molecule has 0 radical (unpaired) electrons. The van der Waals surface area contributed by atoms with Crippen molar-refractivity contribution in [1.29, 1.82) is 0 Å². The summed E-state index contributed by atoms with van der Waals surface area (Å²) >= 11 is 0. The summed E-state index contributed by atoms with van der Waals surface area (Å²) in [4.78, 5) is 25.6. The molecule has 160 valence electrons. The van der Waals surface area contributed by atoms with Gasteiger partial charge in [0.05, 0.1) is 18.6 Å². The highest BCUT2D eigenvalue weighted by Crippen LogP contribution is 2.34. The van der Waals surface area contributed by atoms with Crippen molar-refractivity contribution in [3.8, 4) is 0 Å². The third-order valence-corrected chi connectivity index (χ3v) is 7.02. The third-order valence-electron chi connectivity index (χ3n) is 7.02. The first kappa shape index (κ1) is 20.4. The second kappa shape index (κ2) is 9.31. The Morgan fingerprint density at radius 1 is 1.00 bits per heavy atom. The molecular weight excluding hydrogens is 366 g/mol. The quantitative estimate of drug-likeness (QED) is 0.753. The lowest BCUT2D eigenvalue weighted by atomic mass is 9.84. The van der Waals surface area contributed by atoms with Gasteiger partial charge in [0.25, 0.3) is 5.91 Å². The second-order valence-electron chi connectivity index (χ2n) is 8.94. The van der Waals surface area contributed by atoms with Crippen LogP contribution in [0, 0.1) is 5.92 Å². The van der Waals surface area contributed by atoms with Gasteiger partial charge in [0, 0.05) is 17.3 Å². The number of nitrogens with one attached hydrogen (secondary N) is 1. The summed E-state index contributed by atoms with van der Waals surface area (Å²) < 4.78 is 7.46. The van der Waals surface area contributed by atoms with Crippen LogP contribution in [-0.4, -0.2) is 34.3 Å². The number of aromatic nitrogens is 2. The molecule has 0 saturated heterocycles. The average Bonchev–Trinajstić information content (AvgIpc) is 3.15. The Bertz CT molecular complexity index is 736. The van der Waals surface area contributed by atoms with E-state index in [1.807, 2.05) is 6.92 Å². The Balaban J connectivity index is 1.54. The molecular formula is C23H35N3O3. The Kier molecular flexibility index (Phi) is 6.56. The molecule has 6 nitrogen and oxygen atoms in total. The fraction of sp³-hybridized carbons (Fsp3) is 0.783. The fourth-order valence-corrected chi connectivity index (χ4v) is 5.51. The number of hydrogen-bond acceptors (Lipinski definition) is 4. The van der Waals surface area contributed by atoms with Gasteiger partial charge in [0.2, 0.25) is 0 Å². The molecule has 0 aromatic carbocycles. The van der Waals surface area contributed by atoms with Crippen LogP contribution >= 0.6 is 0 Å². The molecule has 1 aromatic heterocycles. The van der Waals surface area contributed by atoms with Crippen LogP contribution in [0.15, 0.2) is 0 Å². The van der Waals surface area contributed by atoms with Crippen LogP contribution in [0.4, 0.5) is 0 Å². The van der Waals surface area contributed by atoms with Gasteiger partial charge in [-0.15, -0.1) is 0 Å². The minimum absolute atomic E-state index is 0.0982. The van der Waals surface area contributed by atoms with E-state index in [-0.39, 0.29) is 23.8 Å². The Labute approximate surface area is 173 Å². The molecule has 0 bridgehead atoms. The van der Waals surface area contributed by atoms with Crippen LogP contribution in [0.1, 0.15) is 105 Å². The van der Waals surface area contributed by atoms with E-state index < -0.39 is 0 Å². The highest BCUT2D eigenvalue weighted by atomic mass is 16.5. The summed E-state index contributed by atoms with van der Waals surface area (Å²) in [6.45, 7) is 2.22. The van der Waals surface area contributed by atoms with Crippen molar-refractivity contribution in [3.63, 3.8) is 0 Å². The number of fused-ring (bicyclic) bond motifs is 1. The van der Waals surface area contributed by atoms with E-state index in [0.717, 1.165) is 50.5 Å². The molecule has 1 aromatic rings. The summed E-state index contributed by atoms with van der Waals surface area (Å²) in [5.41, 5.74) is 3.06. The van der Waals surface area contributed by atoms with Crippen molar-refractivity contribution in [3.05, 3.63) is 17.0 Å². The van der Waals surface area contributed by atoms with Gasteiger partial charge in [-0.1, -0.05) is 32.1 Å². The van der Waals surface area contributed by atoms with Crippen molar-refractivity contribution < 1.29 is 14.3 Å². The SMILES string of the molecule is CCOC(=O)[C@@H]1CCCC[C@H]1NC(=O)c1nn(C2CCCCC2)c2c1CCCC2. The number of esters is 1. The molecule has 1 heterocycles. The zero-order valence-electron chi connectivity index (χ0n) is 17.8. The third kappa shape index (κ3) is 4.36. The van der Waals surface area contributed by atoms with Crippen LogP contribution in [0.5, 0.6) is 0 Å². The van der Waals surface area contributed by atoms with Crippen LogP contribution in [0.2, 0.25) is 0 Å². The molecule has 29 heavy (non-hydrogen) atoms. The molecule has 1 amide bonds. The number of ether oxygens (including phenoxy) is 1. The zero-order valence-corrected chi connectivity index (χ0v) is 17.8. The van der Waals surface area contributed by atoms with Gasteiger partial charge in [0.15, 0.2) is 5.69 Å². The van der Waals surface area contributed by atoms with Crippen LogP contribution in [0.25, 0.3) is 0 Å². The Morgan fingerprint density at radius 2 is 1.72 bits per heavy atom. The molecule has 2 atom stereocenters. The molecule has 3 aliphatic carbocycles. The number of hydrogen-bond donors (Lipinski definition) is 1. The standard InChI is InChI=1S/C23H35N3O3/c1-2-29-23(28)17-12-6-8-14-19(17)24-22(27)21-18-13-7-9-15-20(18)26(25-21)16-10-4-3-5-11-16/h16-17,19H,2-15H2,1H3,(H,24,27)/t17-,19-/m1/s1. The van der Waals surface area contributed by atoms with E-state index >= 15 is 0 Å². The molecule has 0 unspecified atom stereocenters. The largest absolute Gasteiger partial charge is 0.466 e. The minimum atomic E-state index is -0.232. The molecule has 6 heteroatoms. The lowest BCUT2D eigenvalue weighted by Crippen LogP contribution is -2.46. The van der Waals surface area contributed by atoms with E-state index in [0.29, 0.717) is 18.3 Å². The van der Waals surface area contributed by atoms with Gasteiger partial charge < -0.3 is 10.1 Å². The topological polar surface area (TPSA) is 73.2 Å². The fourth-order valence-electron chi connectivity index (χ4n) is 5.51. The normalized spacial score (nSPS) is 25.3. The number of carbonyl (C=O) groups is 2. The summed E-state index contributed by atoms with van der Waals surface area (Å²) in [6.07, 6.45) is 14.1. The van der Waals surface area contributed by atoms with E-state index in [9.17, 15) is 9.59 Å². The maximum absolute atomic E-state index is 13.3. The van der Waals surface area contributed by atoms with Gasteiger partial charge in [-0.2, -0.15) is 5.10 Å². The van der Waals surface area contributed by atoms with Crippen molar-refractivity contribution in [2.45, 2.75) is 102 Å². The first-order valence-corrected chi connectivity index (χ1v) is 11.8. The number of amides is 1. The van der Waals surface area contributed by atoms with Gasteiger partial charge in [-0.05, 0) is 58.3 Å². The lowest BCUT2D eigenvalue weighted by Gasteiger charge is -2.30. The summed E-state index contributed by atoms with van der Waals surface area (Å²) in [5, 5.41) is 8.05. The maximum Gasteiger partial charge on any atom is 0.311 e. The van der Waals surface area contributed by atoms with Crippen LogP contribution < -0.4 is 5.32 Å². The van der Waals surface area contributed by atoms with E-state index in [2.05, 4.69) is 10.00 Å². The van der Waals surface area contributed by atoms with Crippen molar-refractivity contribution in [2.24, 2.45) is 5.92 Å². The minimum Gasteiger partial charge on any atom is -0.466 e. The summed E-state index contributed by atoms with van der Waals surface area (Å²) in [6, 6.07) is 0.300. The number of carbonyl (C=O) groups excluding carboxylic acids is 2. The van der Waals surface area contributed by atoms with Gasteiger partial charge >= 0.3 is 5.97 Å². The van der Waals surface area contributed by atoms with Gasteiger partial charge in [0.1, 0.15) is 0 Å². The highest BCUT2D eigenvalue weighted by molar-refractivity contribution is 5.94.